The number of aliphatic hydroxyl groups is 1. The van der Waals surface area contributed by atoms with E-state index in [1.165, 1.54) is 57.1 Å². The summed E-state index contributed by atoms with van der Waals surface area (Å²) in [4.78, 5) is 0. The molecule has 0 unspecified atom stereocenters. The molecule has 0 atom stereocenters. The van der Waals surface area contributed by atoms with Crippen LogP contribution in [0.5, 0.6) is 0 Å². The molecule has 1 aromatic heterocycles. The van der Waals surface area contributed by atoms with Gasteiger partial charge in [-0.25, -0.2) is 0 Å². The van der Waals surface area contributed by atoms with E-state index in [9.17, 15) is 5.11 Å². The van der Waals surface area contributed by atoms with Crippen LogP contribution in [0.1, 0.15) is 63.1 Å². The number of rotatable bonds is 4. The Labute approximate surface area is 109 Å². The van der Waals surface area contributed by atoms with Crippen molar-refractivity contribution >= 4 is 0 Å². The average molecular weight is 248 g/mol. The summed E-state index contributed by atoms with van der Waals surface area (Å²) in [5.74, 6) is 0. The minimum atomic E-state index is 0.158. The summed E-state index contributed by atoms with van der Waals surface area (Å²) in [6.45, 7) is 0.323. The third-order valence-corrected chi connectivity index (χ3v) is 4.92. The van der Waals surface area contributed by atoms with Crippen LogP contribution in [0.4, 0.5) is 0 Å². The van der Waals surface area contributed by atoms with E-state index >= 15 is 0 Å². The van der Waals surface area contributed by atoms with Crippen molar-refractivity contribution in [2.24, 2.45) is 5.41 Å². The quantitative estimate of drug-likeness (QED) is 0.889. The highest BCUT2D eigenvalue weighted by Gasteiger charge is 2.37. The van der Waals surface area contributed by atoms with Crippen LogP contribution >= 0.6 is 0 Å². The smallest absolute Gasteiger partial charge is 0.0631 e. The van der Waals surface area contributed by atoms with Crippen molar-refractivity contribution in [2.45, 2.75) is 63.8 Å². The van der Waals surface area contributed by atoms with Crippen LogP contribution in [0.2, 0.25) is 0 Å². The van der Waals surface area contributed by atoms with Crippen LogP contribution in [0.25, 0.3) is 0 Å². The summed E-state index contributed by atoms with van der Waals surface area (Å²) in [7, 11) is 0. The van der Waals surface area contributed by atoms with Crippen LogP contribution in [0.3, 0.4) is 0 Å². The maximum atomic E-state index is 9.52. The van der Waals surface area contributed by atoms with Crippen molar-refractivity contribution in [3.05, 3.63) is 18.0 Å². The zero-order valence-electron chi connectivity index (χ0n) is 11.1. The highest BCUT2D eigenvalue weighted by atomic mass is 16.3. The fourth-order valence-electron chi connectivity index (χ4n) is 3.47. The Morgan fingerprint density at radius 2 is 2.00 bits per heavy atom. The summed E-state index contributed by atoms with van der Waals surface area (Å²) in [6, 6.07) is 2.78. The highest BCUT2D eigenvalue weighted by molar-refractivity contribution is 5.06. The van der Waals surface area contributed by atoms with Crippen molar-refractivity contribution in [2.75, 3.05) is 6.61 Å². The topological polar surface area (TPSA) is 38.0 Å². The van der Waals surface area contributed by atoms with Gasteiger partial charge >= 0.3 is 0 Å². The Morgan fingerprint density at radius 3 is 2.61 bits per heavy atom. The molecule has 2 aliphatic rings. The lowest BCUT2D eigenvalue weighted by molar-refractivity contribution is 0.0439. The molecular weight excluding hydrogens is 224 g/mol. The molecule has 3 nitrogen and oxygen atoms in total. The van der Waals surface area contributed by atoms with Crippen molar-refractivity contribution in [1.29, 1.82) is 0 Å². The molecule has 3 rings (SSSR count). The lowest BCUT2D eigenvalue weighted by atomic mass is 9.67. The molecule has 0 bridgehead atoms. The van der Waals surface area contributed by atoms with Gasteiger partial charge in [-0.05, 0) is 43.6 Å². The molecule has 0 aliphatic heterocycles. The minimum Gasteiger partial charge on any atom is -0.396 e. The number of aliphatic hydroxyl groups excluding tert-OH is 1. The molecule has 2 aliphatic carbocycles. The Balaban J connectivity index is 1.65. The third-order valence-electron chi connectivity index (χ3n) is 4.92. The number of nitrogens with zero attached hydrogens (tertiary/aromatic N) is 2. The fraction of sp³-hybridized carbons (Fsp3) is 0.800. The van der Waals surface area contributed by atoms with Crippen LogP contribution in [0.15, 0.2) is 12.3 Å². The number of hydrogen-bond donors (Lipinski definition) is 1. The molecule has 1 aromatic rings. The second-order valence-corrected chi connectivity index (χ2v) is 6.27. The van der Waals surface area contributed by atoms with Crippen LogP contribution < -0.4 is 0 Å². The molecule has 2 fully saturated rings. The molecular formula is C15H24N2O. The summed E-state index contributed by atoms with van der Waals surface area (Å²) in [6.07, 6.45) is 13.4. The van der Waals surface area contributed by atoms with Gasteiger partial charge in [0.1, 0.15) is 0 Å². The van der Waals surface area contributed by atoms with Crippen LogP contribution in [0, 0.1) is 5.41 Å². The van der Waals surface area contributed by atoms with Gasteiger partial charge in [-0.1, -0.05) is 25.7 Å². The maximum absolute atomic E-state index is 9.52. The Kier molecular flexibility index (Phi) is 3.42. The molecule has 1 heterocycles. The van der Waals surface area contributed by atoms with Crippen LogP contribution in [-0.4, -0.2) is 21.5 Å². The summed E-state index contributed by atoms with van der Waals surface area (Å²) in [5, 5.41) is 14.3. The average Bonchev–Trinajstić information content (AvgIpc) is 2.83. The fourth-order valence-corrected chi connectivity index (χ4v) is 3.47. The van der Waals surface area contributed by atoms with E-state index in [-0.39, 0.29) is 5.41 Å². The molecule has 1 N–H and O–H groups in total. The molecule has 0 spiro atoms. The Morgan fingerprint density at radius 1 is 1.22 bits per heavy atom. The van der Waals surface area contributed by atoms with E-state index in [0.29, 0.717) is 12.6 Å². The second kappa shape index (κ2) is 5.04. The van der Waals surface area contributed by atoms with E-state index in [2.05, 4.69) is 16.9 Å². The Hall–Kier alpha value is -0.830. The lowest BCUT2D eigenvalue weighted by Crippen LogP contribution is -2.35. The molecule has 0 radical (unpaired) electrons. The van der Waals surface area contributed by atoms with Gasteiger partial charge in [0, 0.05) is 12.8 Å². The first-order valence-electron chi connectivity index (χ1n) is 7.46. The molecule has 0 amide bonds. The summed E-state index contributed by atoms with van der Waals surface area (Å²) >= 11 is 0. The van der Waals surface area contributed by atoms with Crippen molar-refractivity contribution in [3.8, 4) is 0 Å². The van der Waals surface area contributed by atoms with Crippen LogP contribution in [-0.2, 0) is 6.42 Å². The van der Waals surface area contributed by atoms with E-state index in [1.54, 1.807) is 0 Å². The zero-order chi connectivity index (χ0) is 12.4. The first kappa shape index (κ1) is 12.2. The van der Waals surface area contributed by atoms with Gasteiger partial charge < -0.3 is 5.11 Å². The maximum Gasteiger partial charge on any atom is 0.0631 e. The van der Waals surface area contributed by atoms with Gasteiger partial charge in [-0.2, -0.15) is 5.10 Å². The van der Waals surface area contributed by atoms with E-state index in [1.807, 2.05) is 0 Å². The van der Waals surface area contributed by atoms with Gasteiger partial charge in [0.2, 0.25) is 0 Å². The molecule has 3 heteroatoms. The molecule has 0 aromatic carbocycles. The summed E-state index contributed by atoms with van der Waals surface area (Å²) in [5.41, 5.74) is 1.33. The first-order valence-corrected chi connectivity index (χ1v) is 7.46. The molecule has 100 valence electrons. The molecule has 0 saturated heterocycles. The largest absolute Gasteiger partial charge is 0.396 e. The lowest BCUT2D eigenvalue weighted by Gasteiger charge is -2.39. The Bertz CT molecular complexity index is 383. The zero-order valence-corrected chi connectivity index (χ0v) is 11.1. The first-order chi connectivity index (χ1) is 8.81. The SMILES string of the molecule is OCC1(Cc2ccn(C3CCCCC3)n2)CCC1. The predicted molar refractivity (Wildman–Crippen MR) is 71.4 cm³/mol. The minimum absolute atomic E-state index is 0.158. The number of aromatic nitrogens is 2. The van der Waals surface area contributed by atoms with E-state index < -0.39 is 0 Å². The van der Waals surface area contributed by atoms with Gasteiger partial charge in [0.15, 0.2) is 0 Å². The van der Waals surface area contributed by atoms with Crippen molar-refractivity contribution in [3.63, 3.8) is 0 Å². The molecule has 18 heavy (non-hydrogen) atoms. The highest BCUT2D eigenvalue weighted by Crippen LogP contribution is 2.43. The van der Waals surface area contributed by atoms with Crippen molar-refractivity contribution < 1.29 is 5.11 Å². The molecule has 2 saturated carbocycles. The van der Waals surface area contributed by atoms with Crippen molar-refractivity contribution in [1.82, 2.24) is 9.78 Å². The normalized spacial score (nSPS) is 23.8. The second-order valence-electron chi connectivity index (χ2n) is 6.27. The number of hydrogen-bond acceptors (Lipinski definition) is 2. The standard InChI is InChI=1S/C15H24N2O/c18-12-15(8-4-9-15)11-13-7-10-17(16-13)14-5-2-1-3-6-14/h7,10,14,18H,1-6,8-9,11-12H2. The van der Waals surface area contributed by atoms with Gasteiger partial charge in [0.25, 0.3) is 0 Å². The third kappa shape index (κ3) is 2.33. The van der Waals surface area contributed by atoms with Gasteiger partial charge in [-0.15, -0.1) is 0 Å². The summed E-state index contributed by atoms with van der Waals surface area (Å²) < 4.78 is 2.18. The predicted octanol–water partition coefficient (Wildman–Crippen LogP) is 3.09. The van der Waals surface area contributed by atoms with E-state index in [0.717, 1.165) is 6.42 Å². The van der Waals surface area contributed by atoms with Gasteiger partial charge in [0.05, 0.1) is 11.7 Å². The monoisotopic (exact) mass is 248 g/mol. The van der Waals surface area contributed by atoms with E-state index in [4.69, 9.17) is 5.10 Å². The van der Waals surface area contributed by atoms with Gasteiger partial charge in [-0.3, -0.25) is 4.68 Å².